The lowest BCUT2D eigenvalue weighted by atomic mass is 10.1. The van der Waals surface area contributed by atoms with E-state index in [1.807, 2.05) is 17.0 Å². The summed E-state index contributed by atoms with van der Waals surface area (Å²) in [5, 5.41) is 0. The minimum Gasteiger partial charge on any atom is -0.340 e. The molecule has 34 heavy (non-hydrogen) atoms. The van der Waals surface area contributed by atoms with E-state index >= 15 is 0 Å². The molecule has 1 saturated heterocycles. The molecule has 2 fully saturated rings. The lowest BCUT2D eigenvalue weighted by molar-refractivity contribution is -0.130. The fourth-order valence-corrected chi connectivity index (χ4v) is 6.02. The number of fused-ring (bicyclic) bond motifs is 1. The van der Waals surface area contributed by atoms with Gasteiger partial charge in [-0.2, -0.15) is 8.42 Å². The molecule has 1 saturated carbocycles. The van der Waals surface area contributed by atoms with Gasteiger partial charge in [0.1, 0.15) is 0 Å². The highest BCUT2D eigenvalue weighted by Gasteiger charge is 2.59. The number of carbonyl (C=O) groups excluding carboxylic acids is 1. The number of pyridine rings is 1. The van der Waals surface area contributed by atoms with Crippen LogP contribution in [0, 0.1) is 5.92 Å². The predicted molar refractivity (Wildman–Crippen MR) is 125 cm³/mol. The maximum atomic E-state index is 13.4. The third-order valence-corrected chi connectivity index (χ3v) is 8.70. The first-order valence-electron chi connectivity index (χ1n) is 11.3. The molecule has 1 aromatic carbocycles. The number of hydrogen-bond donors (Lipinski definition) is 0. The second kappa shape index (κ2) is 8.16. The Labute approximate surface area is 197 Å². The van der Waals surface area contributed by atoms with Crippen molar-refractivity contribution in [3.8, 4) is 11.1 Å². The smallest absolute Gasteiger partial charge is 0.326 e. The van der Waals surface area contributed by atoms with E-state index in [1.54, 1.807) is 31.3 Å². The van der Waals surface area contributed by atoms with Gasteiger partial charge in [-0.1, -0.05) is 12.1 Å². The molecule has 1 aliphatic carbocycles. The molecule has 1 amide bonds. The summed E-state index contributed by atoms with van der Waals surface area (Å²) in [7, 11) is -2.43. The van der Waals surface area contributed by atoms with Crippen LogP contribution in [0.1, 0.15) is 19.0 Å². The van der Waals surface area contributed by atoms with Crippen molar-refractivity contribution in [1.82, 2.24) is 14.8 Å². The monoisotopic (exact) mass is 491 g/mol. The van der Waals surface area contributed by atoms with Crippen LogP contribution in [0.3, 0.4) is 0 Å². The van der Waals surface area contributed by atoms with E-state index in [0.717, 1.165) is 38.5 Å². The van der Waals surface area contributed by atoms with Crippen LogP contribution in [0.4, 0.5) is 20.2 Å². The molecule has 0 spiro atoms. The van der Waals surface area contributed by atoms with Gasteiger partial charge in [-0.3, -0.25) is 23.3 Å². The van der Waals surface area contributed by atoms with Crippen LogP contribution in [0.15, 0.2) is 36.5 Å². The summed E-state index contributed by atoms with van der Waals surface area (Å²) in [5.41, 5.74) is 3.44. The fourth-order valence-electron chi connectivity index (χ4n) is 4.56. The zero-order chi connectivity index (χ0) is 24.3. The number of rotatable bonds is 5. The number of halogens is 2. The van der Waals surface area contributed by atoms with E-state index in [9.17, 15) is 22.0 Å². The van der Waals surface area contributed by atoms with Crippen LogP contribution in [-0.2, 0) is 21.5 Å². The average molecular weight is 492 g/mol. The van der Waals surface area contributed by atoms with Crippen molar-refractivity contribution < 1.29 is 22.0 Å². The first-order valence-corrected chi connectivity index (χ1v) is 12.7. The fraction of sp³-hybridized carbons (Fsp3) is 0.478. The van der Waals surface area contributed by atoms with Gasteiger partial charge in [0.15, 0.2) is 0 Å². The van der Waals surface area contributed by atoms with Crippen LogP contribution in [0.5, 0.6) is 0 Å². The van der Waals surface area contributed by atoms with Gasteiger partial charge >= 0.3 is 10.2 Å². The molecule has 8 nitrogen and oxygen atoms in total. The Bertz CT molecular complexity index is 1210. The van der Waals surface area contributed by atoms with Crippen LogP contribution < -0.4 is 8.61 Å². The molecule has 3 aliphatic rings. The van der Waals surface area contributed by atoms with Gasteiger partial charge in [-0.25, -0.2) is 8.78 Å². The topological polar surface area (TPSA) is 77.1 Å². The Morgan fingerprint density at radius 3 is 2.35 bits per heavy atom. The molecule has 2 aliphatic heterocycles. The molecule has 0 radical (unpaired) electrons. The van der Waals surface area contributed by atoms with E-state index in [2.05, 4.69) is 9.88 Å². The third-order valence-electron chi connectivity index (χ3n) is 6.91. The van der Waals surface area contributed by atoms with Crippen molar-refractivity contribution in [1.29, 1.82) is 0 Å². The number of amides is 1. The summed E-state index contributed by atoms with van der Waals surface area (Å²) in [6.07, 6.45) is 1.48. The summed E-state index contributed by atoms with van der Waals surface area (Å²) >= 11 is 0. The molecule has 5 rings (SSSR count). The molecular weight excluding hydrogens is 464 g/mol. The van der Waals surface area contributed by atoms with Crippen LogP contribution in [-0.4, -0.2) is 74.8 Å². The lowest BCUT2D eigenvalue weighted by Gasteiger charge is -2.33. The molecular formula is C23H27F2N5O3S. The summed E-state index contributed by atoms with van der Waals surface area (Å²) < 4.78 is 54.8. The summed E-state index contributed by atoms with van der Waals surface area (Å²) in [6, 6.07) is 9.12. The normalized spacial score (nSPS) is 23.2. The first kappa shape index (κ1) is 23.0. The standard InChI is InChI=1S/C23H27F2N5O3S/c1-16(31)29-9-7-28(8-10-29)15-20-5-3-18(13-26-20)17-4-6-21-22(11-17)27(2)34(32,33)30(21)14-19-12-23(19,24)25/h3-6,11,13,19H,7-10,12,14-15H2,1-2H3. The predicted octanol–water partition coefficient (Wildman–Crippen LogP) is 2.57. The van der Waals surface area contributed by atoms with Gasteiger partial charge in [-0.15, -0.1) is 0 Å². The zero-order valence-corrected chi connectivity index (χ0v) is 19.9. The van der Waals surface area contributed by atoms with Crippen molar-refractivity contribution in [2.24, 2.45) is 5.92 Å². The van der Waals surface area contributed by atoms with Gasteiger partial charge in [-0.05, 0) is 23.8 Å². The highest BCUT2D eigenvalue weighted by molar-refractivity contribution is 7.94. The van der Waals surface area contributed by atoms with Gasteiger partial charge in [0.2, 0.25) is 5.91 Å². The SMILES string of the molecule is CC(=O)N1CCN(Cc2ccc(-c3ccc4c(c3)N(C)S(=O)(=O)N4CC3CC3(F)F)cn2)CC1. The molecule has 3 heterocycles. The van der Waals surface area contributed by atoms with Crippen molar-refractivity contribution >= 4 is 27.5 Å². The van der Waals surface area contributed by atoms with Gasteiger partial charge in [0, 0.05) is 77.3 Å². The Balaban J connectivity index is 1.30. The molecule has 1 atom stereocenters. The minimum atomic E-state index is -3.87. The first-order chi connectivity index (χ1) is 16.1. The van der Waals surface area contributed by atoms with E-state index in [0.29, 0.717) is 31.0 Å². The second-order valence-corrected chi connectivity index (χ2v) is 11.1. The van der Waals surface area contributed by atoms with Crippen LogP contribution in [0.25, 0.3) is 11.1 Å². The number of benzene rings is 1. The number of alkyl halides is 2. The van der Waals surface area contributed by atoms with Crippen molar-refractivity contribution in [2.75, 3.05) is 48.4 Å². The highest BCUT2D eigenvalue weighted by Crippen LogP contribution is 2.51. The number of carbonyl (C=O) groups is 1. The van der Waals surface area contributed by atoms with Crippen LogP contribution in [0.2, 0.25) is 0 Å². The van der Waals surface area contributed by atoms with Crippen molar-refractivity contribution in [2.45, 2.75) is 25.8 Å². The van der Waals surface area contributed by atoms with E-state index in [1.165, 1.54) is 7.05 Å². The Morgan fingerprint density at radius 2 is 1.76 bits per heavy atom. The average Bonchev–Trinajstić information content (AvgIpc) is 3.37. The zero-order valence-electron chi connectivity index (χ0n) is 19.1. The van der Waals surface area contributed by atoms with Crippen molar-refractivity contribution in [3.05, 3.63) is 42.2 Å². The lowest BCUT2D eigenvalue weighted by Crippen LogP contribution is -2.47. The maximum Gasteiger partial charge on any atom is 0.326 e. The van der Waals surface area contributed by atoms with E-state index in [-0.39, 0.29) is 18.9 Å². The quantitative estimate of drug-likeness (QED) is 0.643. The number of anilines is 2. The molecule has 0 bridgehead atoms. The van der Waals surface area contributed by atoms with Gasteiger partial charge in [0.05, 0.1) is 17.1 Å². The molecule has 11 heteroatoms. The van der Waals surface area contributed by atoms with Gasteiger partial charge in [0.25, 0.3) is 5.92 Å². The molecule has 2 aromatic rings. The number of aromatic nitrogens is 1. The summed E-state index contributed by atoms with van der Waals surface area (Å²) in [4.78, 5) is 20.2. The van der Waals surface area contributed by atoms with E-state index in [4.69, 9.17) is 0 Å². The largest absolute Gasteiger partial charge is 0.340 e. The third kappa shape index (κ3) is 4.11. The highest BCUT2D eigenvalue weighted by atomic mass is 32.2. The molecule has 182 valence electrons. The number of piperazine rings is 1. The molecule has 1 aromatic heterocycles. The molecule has 1 unspecified atom stereocenters. The molecule has 0 N–H and O–H groups in total. The number of hydrogen-bond acceptors (Lipinski definition) is 5. The Kier molecular flexibility index (Phi) is 5.51. The van der Waals surface area contributed by atoms with E-state index < -0.39 is 22.0 Å². The minimum absolute atomic E-state index is 0.100. The van der Waals surface area contributed by atoms with Gasteiger partial charge < -0.3 is 4.90 Å². The Hall–Kier alpha value is -2.79. The summed E-state index contributed by atoms with van der Waals surface area (Å²) in [6.45, 7) is 5.10. The van der Waals surface area contributed by atoms with Crippen LogP contribution >= 0.6 is 0 Å². The second-order valence-electron chi connectivity index (χ2n) is 9.19. The van der Waals surface area contributed by atoms with Crippen molar-refractivity contribution in [3.63, 3.8) is 0 Å². The Morgan fingerprint density at radius 1 is 1.09 bits per heavy atom. The number of nitrogens with zero attached hydrogens (tertiary/aromatic N) is 5. The summed E-state index contributed by atoms with van der Waals surface area (Å²) in [5.74, 6) is -3.63. The maximum absolute atomic E-state index is 13.4.